The lowest BCUT2D eigenvalue weighted by molar-refractivity contribution is -0.139. The molecule has 0 atom stereocenters. The third-order valence-electron chi connectivity index (χ3n) is 3.68. The zero-order chi connectivity index (χ0) is 16.7. The van der Waals surface area contributed by atoms with E-state index in [1.54, 1.807) is 12.1 Å². The third kappa shape index (κ3) is 5.21. The van der Waals surface area contributed by atoms with Crippen molar-refractivity contribution in [3.8, 4) is 0 Å². The monoisotopic (exact) mass is 317 g/mol. The summed E-state index contributed by atoms with van der Waals surface area (Å²) in [5, 5.41) is 15.2. The van der Waals surface area contributed by atoms with Crippen molar-refractivity contribution in [3.05, 3.63) is 35.4 Å². The molecule has 1 aliphatic rings. The molecule has 0 heterocycles. The second-order valence-electron chi connectivity index (χ2n) is 5.43. The van der Waals surface area contributed by atoms with Gasteiger partial charge in [-0.3, -0.25) is 9.59 Å². The Balaban J connectivity index is 1.80. The molecular weight excluding hydrogens is 298 g/mol. The van der Waals surface area contributed by atoms with E-state index in [9.17, 15) is 14.4 Å². The minimum absolute atomic E-state index is 0.0644. The molecule has 23 heavy (non-hydrogen) atoms. The number of carboxylic acid groups (broad SMARTS) is 1. The number of hydrogen-bond donors (Lipinski definition) is 3. The zero-order valence-corrected chi connectivity index (χ0v) is 12.6. The standard InChI is InChI=1S/C16H19N3O4/c20-14(18-13-4-2-1-3-5-13)15(21)19-17-10-11-6-8-12(9-7-11)16(22)23/h6-10,13H,1-5H2,(H,18,20)(H,19,21)(H,22,23). The maximum absolute atomic E-state index is 11.7. The van der Waals surface area contributed by atoms with Crippen molar-refractivity contribution in [1.29, 1.82) is 0 Å². The van der Waals surface area contributed by atoms with Crippen LogP contribution in [0.2, 0.25) is 0 Å². The van der Waals surface area contributed by atoms with Gasteiger partial charge in [0, 0.05) is 6.04 Å². The van der Waals surface area contributed by atoms with Gasteiger partial charge >= 0.3 is 17.8 Å². The van der Waals surface area contributed by atoms with Crippen LogP contribution in [-0.2, 0) is 9.59 Å². The average molecular weight is 317 g/mol. The lowest BCUT2D eigenvalue weighted by atomic mass is 9.95. The minimum Gasteiger partial charge on any atom is -0.478 e. The van der Waals surface area contributed by atoms with Crippen LogP contribution in [0.5, 0.6) is 0 Å². The van der Waals surface area contributed by atoms with Gasteiger partial charge in [-0.15, -0.1) is 0 Å². The van der Waals surface area contributed by atoms with E-state index in [1.807, 2.05) is 0 Å². The summed E-state index contributed by atoms with van der Waals surface area (Å²) in [7, 11) is 0. The number of carbonyl (C=O) groups is 3. The minimum atomic E-state index is -1.01. The highest BCUT2D eigenvalue weighted by Gasteiger charge is 2.19. The molecule has 2 amide bonds. The SMILES string of the molecule is O=C(NN=Cc1ccc(C(=O)O)cc1)C(=O)NC1CCCCC1. The number of aromatic carboxylic acids is 1. The average Bonchev–Trinajstić information content (AvgIpc) is 2.56. The van der Waals surface area contributed by atoms with Crippen molar-refractivity contribution < 1.29 is 19.5 Å². The van der Waals surface area contributed by atoms with Crippen LogP contribution in [0.1, 0.15) is 48.0 Å². The second kappa shape index (κ2) is 8.07. The molecule has 0 spiro atoms. The number of nitrogens with zero attached hydrogens (tertiary/aromatic N) is 1. The van der Waals surface area contributed by atoms with Crippen LogP contribution in [0.25, 0.3) is 0 Å². The number of rotatable bonds is 4. The van der Waals surface area contributed by atoms with Crippen molar-refractivity contribution in [3.63, 3.8) is 0 Å². The Labute approximate surface area is 133 Å². The van der Waals surface area contributed by atoms with Crippen LogP contribution < -0.4 is 10.7 Å². The molecule has 0 unspecified atom stereocenters. The summed E-state index contributed by atoms with van der Waals surface area (Å²) in [4.78, 5) is 34.1. The molecule has 1 fully saturated rings. The van der Waals surface area contributed by atoms with Crippen LogP contribution in [0, 0.1) is 0 Å². The molecule has 1 saturated carbocycles. The fourth-order valence-corrected chi connectivity index (χ4v) is 2.43. The molecular formula is C16H19N3O4. The molecule has 1 aliphatic carbocycles. The van der Waals surface area contributed by atoms with E-state index < -0.39 is 17.8 Å². The van der Waals surface area contributed by atoms with Crippen molar-refractivity contribution in [1.82, 2.24) is 10.7 Å². The Kier molecular flexibility index (Phi) is 5.85. The molecule has 0 saturated heterocycles. The second-order valence-corrected chi connectivity index (χ2v) is 5.43. The number of nitrogens with one attached hydrogen (secondary N) is 2. The molecule has 0 aromatic heterocycles. The van der Waals surface area contributed by atoms with Crippen LogP contribution in [-0.4, -0.2) is 35.1 Å². The highest BCUT2D eigenvalue weighted by Crippen LogP contribution is 2.17. The Morgan fingerprint density at radius 2 is 1.70 bits per heavy atom. The quantitative estimate of drug-likeness (QED) is 0.441. The number of benzene rings is 1. The molecule has 122 valence electrons. The van der Waals surface area contributed by atoms with Gasteiger partial charge in [-0.2, -0.15) is 5.10 Å². The van der Waals surface area contributed by atoms with Gasteiger partial charge in [-0.05, 0) is 30.5 Å². The maximum Gasteiger partial charge on any atom is 0.335 e. The van der Waals surface area contributed by atoms with Crippen molar-refractivity contribution in [2.24, 2.45) is 5.10 Å². The van der Waals surface area contributed by atoms with Gasteiger partial charge in [0.25, 0.3) is 0 Å². The Bertz CT molecular complexity index is 604. The summed E-state index contributed by atoms with van der Waals surface area (Å²) in [5.41, 5.74) is 2.94. The molecule has 0 bridgehead atoms. The first-order valence-corrected chi connectivity index (χ1v) is 7.53. The fourth-order valence-electron chi connectivity index (χ4n) is 2.43. The van der Waals surface area contributed by atoms with Crippen LogP contribution >= 0.6 is 0 Å². The summed E-state index contributed by atoms with van der Waals surface area (Å²) >= 11 is 0. The normalized spacial score (nSPS) is 15.3. The van der Waals surface area contributed by atoms with E-state index in [-0.39, 0.29) is 11.6 Å². The number of carbonyl (C=O) groups excluding carboxylic acids is 2. The van der Waals surface area contributed by atoms with E-state index in [0.29, 0.717) is 5.56 Å². The first-order valence-electron chi connectivity index (χ1n) is 7.53. The Morgan fingerprint density at radius 3 is 2.30 bits per heavy atom. The number of hydrogen-bond acceptors (Lipinski definition) is 4. The smallest absolute Gasteiger partial charge is 0.335 e. The summed E-state index contributed by atoms with van der Waals surface area (Å²) in [6.45, 7) is 0. The fraction of sp³-hybridized carbons (Fsp3) is 0.375. The Morgan fingerprint density at radius 1 is 1.04 bits per heavy atom. The molecule has 0 radical (unpaired) electrons. The molecule has 1 aromatic carbocycles. The molecule has 0 aliphatic heterocycles. The van der Waals surface area contributed by atoms with Crippen LogP contribution in [0.4, 0.5) is 0 Å². The first-order chi connectivity index (χ1) is 11.1. The van der Waals surface area contributed by atoms with Gasteiger partial charge < -0.3 is 10.4 Å². The third-order valence-corrected chi connectivity index (χ3v) is 3.68. The maximum atomic E-state index is 11.7. The largest absolute Gasteiger partial charge is 0.478 e. The van der Waals surface area contributed by atoms with Gasteiger partial charge in [0.1, 0.15) is 0 Å². The van der Waals surface area contributed by atoms with E-state index >= 15 is 0 Å². The summed E-state index contributed by atoms with van der Waals surface area (Å²) in [6, 6.07) is 6.04. The molecule has 1 aromatic rings. The lowest BCUT2D eigenvalue weighted by Gasteiger charge is -2.22. The Hall–Kier alpha value is -2.70. The van der Waals surface area contributed by atoms with Gasteiger partial charge in [-0.1, -0.05) is 31.4 Å². The molecule has 7 heteroatoms. The summed E-state index contributed by atoms with van der Waals surface area (Å²) < 4.78 is 0. The topological polar surface area (TPSA) is 108 Å². The molecule has 7 nitrogen and oxygen atoms in total. The van der Waals surface area contributed by atoms with Crippen molar-refractivity contribution >= 4 is 24.0 Å². The van der Waals surface area contributed by atoms with E-state index in [0.717, 1.165) is 25.7 Å². The molecule has 3 N–H and O–H groups in total. The molecule has 2 rings (SSSR count). The van der Waals surface area contributed by atoms with Gasteiger partial charge in [0.15, 0.2) is 0 Å². The lowest BCUT2D eigenvalue weighted by Crippen LogP contribution is -2.44. The van der Waals surface area contributed by atoms with Gasteiger partial charge in [0.2, 0.25) is 0 Å². The number of amides is 2. The van der Waals surface area contributed by atoms with E-state index in [1.165, 1.54) is 24.8 Å². The zero-order valence-electron chi connectivity index (χ0n) is 12.6. The first kappa shape index (κ1) is 16.7. The predicted octanol–water partition coefficient (Wildman–Crippen LogP) is 1.28. The van der Waals surface area contributed by atoms with E-state index in [2.05, 4.69) is 15.8 Å². The van der Waals surface area contributed by atoms with Gasteiger partial charge in [0.05, 0.1) is 11.8 Å². The van der Waals surface area contributed by atoms with Crippen molar-refractivity contribution in [2.75, 3.05) is 0 Å². The van der Waals surface area contributed by atoms with Gasteiger partial charge in [-0.25, -0.2) is 10.2 Å². The summed E-state index contributed by atoms with van der Waals surface area (Å²) in [6.07, 6.45) is 6.45. The summed E-state index contributed by atoms with van der Waals surface area (Å²) in [5.74, 6) is -2.51. The highest BCUT2D eigenvalue weighted by atomic mass is 16.4. The van der Waals surface area contributed by atoms with E-state index in [4.69, 9.17) is 5.11 Å². The van der Waals surface area contributed by atoms with Crippen molar-refractivity contribution in [2.45, 2.75) is 38.1 Å². The van der Waals surface area contributed by atoms with Crippen LogP contribution in [0.15, 0.2) is 29.4 Å². The predicted molar refractivity (Wildman–Crippen MR) is 84.2 cm³/mol. The highest BCUT2D eigenvalue weighted by molar-refractivity contribution is 6.35. The van der Waals surface area contributed by atoms with Crippen LogP contribution in [0.3, 0.4) is 0 Å². The number of carboxylic acids is 1. The number of hydrazone groups is 1.